The van der Waals surface area contributed by atoms with Gasteiger partial charge in [-0.2, -0.15) is 0 Å². The second-order valence-corrected chi connectivity index (χ2v) is 5.49. The molecule has 1 aliphatic heterocycles. The standard InChI is InChI=1S/C15H23N3O3/c19-11-10-17(12-14-2-1-8-16-14)9-7-13-3-5-15(6-4-13)18(20)21/h3-6,14,16,19H,1-2,7-12H2. The van der Waals surface area contributed by atoms with Gasteiger partial charge in [-0.3, -0.25) is 15.0 Å². The van der Waals surface area contributed by atoms with Crippen LogP contribution in [0.4, 0.5) is 5.69 Å². The molecular weight excluding hydrogens is 270 g/mol. The summed E-state index contributed by atoms with van der Waals surface area (Å²) in [6, 6.07) is 7.23. The fourth-order valence-corrected chi connectivity index (χ4v) is 2.73. The molecule has 1 heterocycles. The Labute approximate surface area is 124 Å². The molecule has 2 rings (SSSR count). The quantitative estimate of drug-likeness (QED) is 0.556. The number of benzene rings is 1. The van der Waals surface area contributed by atoms with Crippen LogP contribution in [0.5, 0.6) is 0 Å². The van der Waals surface area contributed by atoms with Crippen LogP contribution in [0.1, 0.15) is 18.4 Å². The SMILES string of the molecule is O=[N+]([O-])c1ccc(CCN(CCO)CC2CCCN2)cc1. The van der Waals surface area contributed by atoms with E-state index in [-0.39, 0.29) is 17.2 Å². The van der Waals surface area contributed by atoms with Gasteiger partial charge in [0.15, 0.2) is 0 Å². The second kappa shape index (κ2) is 8.07. The molecule has 0 aliphatic carbocycles. The van der Waals surface area contributed by atoms with E-state index in [2.05, 4.69) is 10.2 Å². The van der Waals surface area contributed by atoms with Crippen molar-refractivity contribution < 1.29 is 10.0 Å². The lowest BCUT2D eigenvalue weighted by atomic mass is 10.1. The fourth-order valence-electron chi connectivity index (χ4n) is 2.73. The Morgan fingerprint density at radius 2 is 2.10 bits per heavy atom. The second-order valence-electron chi connectivity index (χ2n) is 5.49. The van der Waals surface area contributed by atoms with Crippen molar-refractivity contribution in [2.24, 2.45) is 0 Å². The van der Waals surface area contributed by atoms with Crippen LogP contribution < -0.4 is 5.32 Å². The number of nitro benzene ring substituents is 1. The predicted molar refractivity (Wildman–Crippen MR) is 81.4 cm³/mol. The lowest BCUT2D eigenvalue weighted by Crippen LogP contribution is -2.40. The molecule has 0 spiro atoms. The van der Waals surface area contributed by atoms with Gasteiger partial charge in [0.25, 0.3) is 5.69 Å². The maximum atomic E-state index is 10.6. The van der Waals surface area contributed by atoms with Crippen LogP contribution in [-0.2, 0) is 6.42 Å². The summed E-state index contributed by atoms with van der Waals surface area (Å²) in [7, 11) is 0. The van der Waals surface area contributed by atoms with Crippen LogP contribution in [0.3, 0.4) is 0 Å². The van der Waals surface area contributed by atoms with Gasteiger partial charge < -0.3 is 10.4 Å². The number of hydrogen-bond acceptors (Lipinski definition) is 5. The molecule has 1 fully saturated rings. The number of hydrogen-bond donors (Lipinski definition) is 2. The molecule has 1 unspecified atom stereocenters. The number of rotatable bonds is 8. The number of nitrogens with one attached hydrogen (secondary N) is 1. The van der Waals surface area contributed by atoms with Crippen LogP contribution in [-0.4, -0.2) is 53.8 Å². The average molecular weight is 293 g/mol. The number of aliphatic hydroxyl groups excluding tert-OH is 1. The summed E-state index contributed by atoms with van der Waals surface area (Å²) >= 11 is 0. The molecule has 0 radical (unpaired) electrons. The lowest BCUT2D eigenvalue weighted by Gasteiger charge is -2.24. The molecule has 1 aromatic rings. The smallest absolute Gasteiger partial charge is 0.269 e. The van der Waals surface area contributed by atoms with Crippen LogP contribution in [0, 0.1) is 10.1 Å². The van der Waals surface area contributed by atoms with Gasteiger partial charge in [0.2, 0.25) is 0 Å². The van der Waals surface area contributed by atoms with Crippen molar-refractivity contribution in [3.05, 3.63) is 39.9 Å². The molecule has 0 amide bonds. The van der Waals surface area contributed by atoms with Crippen molar-refractivity contribution in [1.29, 1.82) is 0 Å². The molecule has 0 bridgehead atoms. The molecule has 21 heavy (non-hydrogen) atoms. The van der Waals surface area contributed by atoms with Crippen LogP contribution in [0.25, 0.3) is 0 Å². The molecule has 6 nitrogen and oxygen atoms in total. The van der Waals surface area contributed by atoms with E-state index in [1.165, 1.54) is 12.8 Å². The molecular formula is C15H23N3O3. The van der Waals surface area contributed by atoms with E-state index in [1.807, 2.05) is 12.1 Å². The monoisotopic (exact) mass is 293 g/mol. The Morgan fingerprint density at radius 1 is 1.33 bits per heavy atom. The summed E-state index contributed by atoms with van der Waals surface area (Å²) in [5.74, 6) is 0. The molecule has 0 aromatic heterocycles. The van der Waals surface area contributed by atoms with Gasteiger partial charge in [-0.25, -0.2) is 0 Å². The van der Waals surface area contributed by atoms with Crippen molar-refractivity contribution in [2.75, 3.05) is 32.8 Å². The van der Waals surface area contributed by atoms with Crippen molar-refractivity contribution in [3.8, 4) is 0 Å². The van der Waals surface area contributed by atoms with Crippen LogP contribution in [0.2, 0.25) is 0 Å². The summed E-state index contributed by atoms with van der Waals surface area (Å²) in [5, 5.41) is 23.3. The Morgan fingerprint density at radius 3 is 2.67 bits per heavy atom. The number of non-ortho nitro benzene ring substituents is 1. The molecule has 0 saturated carbocycles. The summed E-state index contributed by atoms with van der Waals surface area (Å²) < 4.78 is 0. The number of nitrogens with zero attached hydrogens (tertiary/aromatic N) is 2. The number of nitro groups is 1. The molecule has 2 N–H and O–H groups in total. The van der Waals surface area contributed by atoms with E-state index in [4.69, 9.17) is 5.11 Å². The highest BCUT2D eigenvalue weighted by atomic mass is 16.6. The normalized spacial score (nSPS) is 18.3. The highest BCUT2D eigenvalue weighted by molar-refractivity contribution is 5.32. The molecule has 1 aromatic carbocycles. The zero-order valence-electron chi connectivity index (χ0n) is 12.2. The predicted octanol–water partition coefficient (Wildman–Crippen LogP) is 1.18. The topological polar surface area (TPSA) is 78.6 Å². The lowest BCUT2D eigenvalue weighted by molar-refractivity contribution is -0.384. The van der Waals surface area contributed by atoms with Crippen molar-refractivity contribution in [3.63, 3.8) is 0 Å². The Kier molecular flexibility index (Phi) is 6.10. The van der Waals surface area contributed by atoms with E-state index in [9.17, 15) is 10.1 Å². The van der Waals surface area contributed by atoms with E-state index in [0.717, 1.165) is 31.6 Å². The van der Waals surface area contributed by atoms with Gasteiger partial charge in [-0.05, 0) is 31.4 Å². The summed E-state index contributed by atoms with van der Waals surface area (Å²) in [4.78, 5) is 12.5. The van der Waals surface area contributed by atoms with Crippen molar-refractivity contribution in [2.45, 2.75) is 25.3 Å². The third kappa shape index (κ3) is 5.08. The molecule has 1 aliphatic rings. The largest absolute Gasteiger partial charge is 0.395 e. The summed E-state index contributed by atoms with van der Waals surface area (Å²) in [6.45, 7) is 3.72. The van der Waals surface area contributed by atoms with E-state index < -0.39 is 0 Å². The summed E-state index contributed by atoms with van der Waals surface area (Å²) in [5.41, 5.74) is 1.21. The number of aliphatic hydroxyl groups is 1. The molecule has 1 atom stereocenters. The van der Waals surface area contributed by atoms with Crippen LogP contribution in [0.15, 0.2) is 24.3 Å². The minimum atomic E-state index is -0.381. The zero-order valence-corrected chi connectivity index (χ0v) is 12.2. The van der Waals surface area contributed by atoms with Crippen molar-refractivity contribution in [1.82, 2.24) is 10.2 Å². The Hall–Kier alpha value is -1.50. The first kappa shape index (κ1) is 15.9. The molecule has 6 heteroatoms. The zero-order chi connectivity index (χ0) is 15.1. The minimum Gasteiger partial charge on any atom is -0.395 e. The van der Waals surface area contributed by atoms with E-state index in [1.54, 1.807) is 12.1 Å². The van der Waals surface area contributed by atoms with E-state index in [0.29, 0.717) is 12.6 Å². The fraction of sp³-hybridized carbons (Fsp3) is 0.600. The van der Waals surface area contributed by atoms with Gasteiger partial charge >= 0.3 is 0 Å². The molecule has 1 saturated heterocycles. The van der Waals surface area contributed by atoms with Crippen molar-refractivity contribution >= 4 is 5.69 Å². The highest BCUT2D eigenvalue weighted by Gasteiger charge is 2.17. The highest BCUT2D eigenvalue weighted by Crippen LogP contribution is 2.13. The van der Waals surface area contributed by atoms with E-state index >= 15 is 0 Å². The minimum absolute atomic E-state index is 0.126. The average Bonchev–Trinajstić information content (AvgIpc) is 2.98. The third-order valence-corrected chi connectivity index (χ3v) is 3.92. The Bertz CT molecular complexity index is 444. The van der Waals surface area contributed by atoms with Gasteiger partial charge in [0.05, 0.1) is 11.5 Å². The maximum absolute atomic E-state index is 10.6. The van der Waals surface area contributed by atoms with Gasteiger partial charge in [0, 0.05) is 37.8 Å². The third-order valence-electron chi connectivity index (χ3n) is 3.92. The molecule has 116 valence electrons. The van der Waals surface area contributed by atoms with Gasteiger partial charge in [-0.1, -0.05) is 12.1 Å². The maximum Gasteiger partial charge on any atom is 0.269 e. The first-order valence-electron chi connectivity index (χ1n) is 7.49. The van der Waals surface area contributed by atoms with Crippen LogP contribution >= 0.6 is 0 Å². The first-order chi connectivity index (χ1) is 10.2. The summed E-state index contributed by atoms with van der Waals surface area (Å²) in [6.07, 6.45) is 3.25. The van der Waals surface area contributed by atoms with Gasteiger partial charge in [0.1, 0.15) is 0 Å². The Balaban J connectivity index is 1.83. The van der Waals surface area contributed by atoms with Gasteiger partial charge in [-0.15, -0.1) is 0 Å². The first-order valence-corrected chi connectivity index (χ1v) is 7.49.